The molecule has 2 rings (SSSR count). The number of primary amides is 1. The number of nitrogens with one attached hydrogen (secondary N) is 1. The van der Waals surface area contributed by atoms with Crippen molar-refractivity contribution >= 4 is 17.7 Å². The number of amides is 1. The summed E-state index contributed by atoms with van der Waals surface area (Å²) in [6.45, 7) is 3.78. The van der Waals surface area contributed by atoms with Gasteiger partial charge in [-0.3, -0.25) is 10.1 Å². The lowest BCUT2D eigenvalue weighted by Gasteiger charge is -2.33. The molecule has 2 fully saturated rings. The van der Waals surface area contributed by atoms with Crippen LogP contribution in [0.15, 0.2) is 0 Å². The number of hydrogen-bond donors (Lipinski definition) is 3. The van der Waals surface area contributed by atoms with Gasteiger partial charge in [0, 0.05) is 17.0 Å². The maximum Gasteiger partial charge on any atom is 0.238 e. The molecule has 2 aliphatic carbocycles. The Kier molecular flexibility index (Phi) is 4.24. The van der Waals surface area contributed by atoms with Crippen molar-refractivity contribution in [1.82, 2.24) is 5.32 Å². The summed E-state index contributed by atoms with van der Waals surface area (Å²) in [6.07, 6.45) is 4.12. The lowest BCUT2D eigenvalue weighted by atomic mass is 9.94. The van der Waals surface area contributed by atoms with E-state index in [0.29, 0.717) is 17.7 Å². The average molecular weight is 272 g/mol. The van der Waals surface area contributed by atoms with Crippen LogP contribution in [-0.4, -0.2) is 39.7 Å². The molecule has 5 heteroatoms. The van der Waals surface area contributed by atoms with Gasteiger partial charge < -0.3 is 10.8 Å². The van der Waals surface area contributed by atoms with Gasteiger partial charge in [-0.05, 0) is 38.5 Å². The highest BCUT2D eigenvalue weighted by molar-refractivity contribution is 8.00. The minimum absolute atomic E-state index is 0.128. The van der Waals surface area contributed by atoms with Gasteiger partial charge in [0.2, 0.25) is 5.91 Å². The monoisotopic (exact) mass is 272 g/mol. The highest BCUT2D eigenvalue weighted by atomic mass is 32.2. The van der Waals surface area contributed by atoms with Crippen molar-refractivity contribution in [3.05, 3.63) is 0 Å². The van der Waals surface area contributed by atoms with E-state index in [2.05, 4.69) is 5.32 Å². The second-order valence-corrected chi connectivity index (χ2v) is 7.15. The summed E-state index contributed by atoms with van der Waals surface area (Å²) in [5.74, 6) is 0.849. The molecule has 2 saturated carbocycles. The first-order chi connectivity index (χ1) is 8.45. The van der Waals surface area contributed by atoms with Gasteiger partial charge in [0.1, 0.15) is 5.54 Å². The van der Waals surface area contributed by atoms with E-state index in [1.54, 1.807) is 18.7 Å². The number of aliphatic hydroxyl groups is 1. The highest BCUT2D eigenvalue weighted by Crippen LogP contribution is 2.43. The molecule has 104 valence electrons. The van der Waals surface area contributed by atoms with Gasteiger partial charge in [0.25, 0.3) is 0 Å². The van der Waals surface area contributed by atoms with E-state index in [1.807, 2.05) is 6.92 Å². The Labute approximate surface area is 113 Å². The average Bonchev–Trinajstić information content (AvgIpc) is 3.14. The molecule has 0 aromatic heterocycles. The maximum atomic E-state index is 11.9. The molecule has 0 heterocycles. The summed E-state index contributed by atoms with van der Waals surface area (Å²) in [6, 6.07) is 0.473. The summed E-state index contributed by atoms with van der Waals surface area (Å²) in [4.78, 5) is 11.9. The van der Waals surface area contributed by atoms with E-state index in [1.165, 1.54) is 0 Å². The van der Waals surface area contributed by atoms with E-state index in [4.69, 9.17) is 5.73 Å². The molecule has 0 spiro atoms. The third kappa shape index (κ3) is 3.19. The van der Waals surface area contributed by atoms with Crippen molar-refractivity contribution in [3.8, 4) is 0 Å². The Morgan fingerprint density at radius 3 is 2.44 bits per heavy atom. The van der Waals surface area contributed by atoms with Gasteiger partial charge >= 0.3 is 0 Å². The largest absolute Gasteiger partial charge is 0.392 e. The van der Waals surface area contributed by atoms with Crippen LogP contribution in [0.4, 0.5) is 0 Å². The van der Waals surface area contributed by atoms with Crippen LogP contribution in [0, 0.1) is 5.92 Å². The lowest BCUT2D eigenvalue weighted by Crippen LogP contribution is -2.60. The number of nitrogens with two attached hydrogens (primary N) is 1. The molecule has 0 radical (unpaired) electrons. The Morgan fingerprint density at radius 2 is 2.06 bits per heavy atom. The normalized spacial score (nSPS) is 26.4. The second-order valence-electron chi connectivity index (χ2n) is 5.79. The van der Waals surface area contributed by atoms with Crippen LogP contribution in [0.25, 0.3) is 0 Å². The minimum Gasteiger partial charge on any atom is -0.392 e. The zero-order valence-corrected chi connectivity index (χ0v) is 12.0. The van der Waals surface area contributed by atoms with Crippen molar-refractivity contribution in [2.45, 2.75) is 62.5 Å². The molecular weight excluding hydrogens is 248 g/mol. The molecule has 0 bridgehead atoms. The molecule has 4 N–H and O–H groups in total. The topological polar surface area (TPSA) is 75.3 Å². The summed E-state index contributed by atoms with van der Waals surface area (Å²) in [5, 5.41) is 13.2. The van der Waals surface area contributed by atoms with Crippen LogP contribution in [0.2, 0.25) is 0 Å². The Morgan fingerprint density at radius 1 is 1.44 bits per heavy atom. The number of carbonyl (C=O) groups is 1. The molecule has 18 heavy (non-hydrogen) atoms. The molecule has 3 atom stereocenters. The highest BCUT2D eigenvalue weighted by Gasteiger charge is 2.51. The van der Waals surface area contributed by atoms with E-state index in [0.717, 1.165) is 25.7 Å². The second kappa shape index (κ2) is 5.39. The third-order valence-electron chi connectivity index (χ3n) is 4.01. The number of carbonyl (C=O) groups excluding carboxylic acids is 1. The quantitative estimate of drug-likeness (QED) is 0.613. The SMILES string of the molecule is CC(O)C(C)SCC(NC1CC1)(C(N)=O)C1CC1. The Balaban J connectivity index is 2.00. The maximum absolute atomic E-state index is 11.9. The number of rotatable bonds is 8. The van der Waals surface area contributed by atoms with Crippen LogP contribution in [0.1, 0.15) is 39.5 Å². The van der Waals surface area contributed by atoms with Crippen LogP contribution >= 0.6 is 11.8 Å². The molecule has 1 amide bonds. The van der Waals surface area contributed by atoms with Crippen molar-refractivity contribution < 1.29 is 9.90 Å². The fourth-order valence-corrected chi connectivity index (χ4v) is 3.46. The third-order valence-corrected chi connectivity index (χ3v) is 5.55. The van der Waals surface area contributed by atoms with Crippen molar-refractivity contribution in [2.75, 3.05) is 5.75 Å². The summed E-state index contributed by atoms with van der Waals surface area (Å²) < 4.78 is 0. The van der Waals surface area contributed by atoms with Crippen molar-refractivity contribution in [2.24, 2.45) is 11.7 Å². The molecule has 4 nitrogen and oxygen atoms in total. The smallest absolute Gasteiger partial charge is 0.238 e. The van der Waals surface area contributed by atoms with Crippen molar-refractivity contribution in [1.29, 1.82) is 0 Å². The van der Waals surface area contributed by atoms with Gasteiger partial charge in [-0.25, -0.2) is 0 Å². The molecule has 0 saturated heterocycles. The minimum atomic E-state index is -0.547. The van der Waals surface area contributed by atoms with E-state index < -0.39 is 5.54 Å². The summed E-state index contributed by atoms with van der Waals surface area (Å²) >= 11 is 1.64. The first kappa shape index (κ1) is 14.2. The molecule has 0 aromatic carbocycles. The fourth-order valence-electron chi connectivity index (χ4n) is 2.19. The van der Waals surface area contributed by atoms with Gasteiger partial charge in [0.15, 0.2) is 0 Å². The number of aliphatic hydroxyl groups excluding tert-OH is 1. The Bertz CT molecular complexity index is 316. The van der Waals surface area contributed by atoms with Crippen LogP contribution in [-0.2, 0) is 4.79 Å². The van der Waals surface area contributed by atoms with Crippen LogP contribution in [0.5, 0.6) is 0 Å². The zero-order valence-electron chi connectivity index (χ0n) is 11.2. The van der Waals surface area contributed by atoms with Gasteiger partial charge in [-0.1, -0.05) is 6.92 Å². The molecular formula is C13H24N2O2S. The Hall–Kier alpha value is -0.260. The van der Waals surface area contributed by atoms with Crippen LogP contribution < -0.4 is 11.1 Å². The van der Waals surface area contributed by atoms with Crippen molar-refractivity contribution in [3.63, 3.8) is 0 Å². The first-order valence-electron chi connectivity index (χ1n) is 6.83. The van der Waals surface area contributed by atoms with Crippen LogP contribution in [0.3, 0.4) is 0 Å². The molecule has 0 aliphatic heterocycles. The van der Waals surface area contributed by atoms with Gasteiger partial charge in [0.05, 0.1) is 6.10 Å². The molecule has 3 unspecified atom stereocenters. The lowest BCUT2D eigenvalue weighted by molar-refractivity contribution is -0.124. The molecule has 0 aromatic rings. The van der Waals surface area contributed by atoms with Gasteiger partial charge in [-0.15, -0.1) is 0 Å². The number of hydrogen-bond acceptors (Lipinski definition) is 4. The van der Waals surface area contributed by atoms with Gasteiger partial charge in [-0.2, -0.15) is 11.8 Å². The summed E-state index contributed by atoms with van der Waals surface area (Å²) in [7, 11) is 0. The fraction of sp³-hybridized carbons (Fsp3) is 0.923. The number of thioether (sulfide) groups is 1. The van der Waals surface area contributed by atoms with E-state index in [-0.39, 0.29) is 17.3 Å². The van der Waals surface area contributed by atoms with E-state index in [9.17, 15) is 9.90 Å². The predicted octanol–water partition coefficient (Wildman–Crippen LogP) is 0.875. The zero-order chi connectivity index (χ0) is 13.3. The summed E-state index contributed by atoms with van der Waals surface area (Å²) in [5.41, 5.74) is 5.13. The standard InChI is InChI=1S/C13H24N2O2S/c1-8(16)9(2)18-7-13(12(14)17,10-3-4-10)15-11-5-6-11/h8-11,15-16H,3-7H2,1-2H3,(H2,14,17). The van der Waals surface area contributed by atoms with E-state index >= 15 is 0 Å². The first-order valence-corrected chi connectivity index (χ1v) is 7.88. The predicted molar refractivity (Wildman–Crippen MR) is 74.4 cm³/mol. The molecule has 2 aliphatic rings.